The van der Waals surface area contributed by atoms with Gasteiger partial charge in [-0.25, -0.2) is 0 Å². The summed E-state index contributed by atoms with van der Waals surface area (Å²) in [5, 5.41) is 14.1. The van der Waals surface area contributed by atoms with E-state index in [0.717, 1.165) is 18.4 Å². The first-order valence-electron chi connectivity index (χ1n) is 14.3. The third-order valence-electron chi connectivity index (χ3n) is 7.49. The van der Waals surface area contributed by atoms with Gasteiger partial charge in [0.15, 0.2) is 11.5 Å². The van der Waals surface area contributed by atoms with E-state index >= 15 is 0 Å². The number of aliphatic hydroxyl groups is 1. The first-order chi connectivity index (χ1) is 19.1. The van der Waals surface area contributed by atoms with Gasteiger partial charge in [0.05, 0.1) is 32.6 Å². The molecule has 0 bridgehead atoms. The molecule has 0 saturated carbocycles. The molecule has 0 aliphatic heterocycles. The van der Waals surface area contributed by atoms with Gasteiger partial charge in [0.2, 0.25) is 5.91 Å². The zero-order valence-corrected chi connectivity index (χ0v) is 25.3. The van der Waals surface area contributed by atoms with E-state index in [1.165, 1.54) is 0 Å². The van der Waals surface area contributed by atoms with Gasteiger partial charge in [0, 0.05) is 32.1 Å². The van der Waals surface area contributed by atoms with Gasteiger partial charge in [0.1, 0.15) is 5.75 Å². The largest absolute Gasteiger partial charge is 0.495 e. The summed E-state index contributed by atoms with van der Waals surface area (Å²) >= 11 is 0. The minimum atomic E-state index is -0.812. The van der Waals surface area contributed by atoms with Gasteiger partial charge in [0.25, 0.3) is 0 Å². The Morgan fingerprint density at radius 1 is 0.900 bits per heavy atom. The number of rotatable bonds is 18. The summed E-state index contributed by atoms with van der Waals surface area (Å²) in [7, 11) is 4.88. The SMILES string of the molecule is COCCCOc1cc(CC(CC(N)C(O)CC(C(=O)Nc2ccccc2OC)C(C)C)C(C)C)ccc1OC. The van der Waals surface area contributed by atoms with Gasteiger partial charge in [-0.3, -0.25) is 4.79 Å². The molecule has 0 heterocycles. The number of aliphatic hydroxyl groups excluding tert-OH is 1. The zero-order valence-electron chi connectivity index (χ0n) is 25.3. The van der Waals surface area contributed by atoms with E-state index in [-0.39, 0.29) is 24.2 Å². The van der Waals surface area contributed by atoms with E-state index in [2.05, 4.69) is 25.2 Å². The molecular formula is C32H50N2O6. The summed E-state index contributed by atoms with van der Waals surface area (Å²) in [5.41, 5.74) is 8.30. The van der Waals surface area contributed by atoms with E-state index in [1.54, 1.807) is 33.5 Å². The van der Waals surface area contributed by atoms with E-state index in [4.69, 9.17) is 24.7 Å². The van der Waals surface area contributed by atoms with Gasteiger partial charge in [-0.05, 0) is 66.8 Å². The number of nitrogens with one attached hydrogen (secondary N) is 1. The number of para-hydroxylation sites is 2. The first kappa shape index (κ1) is 33.4. The Hall–Kier alpha value is -2.81. The molecule has 8 nitrogen and oxygen atoms in total. The molecule has 0 aliphatic rings. The molecule has 4 unspecified atom stereocenters. The average molecular weight is 559 g/mol. The highest BCUT2D eigenvalue weighted by atomic mass is 16.5. The van der Waals surface area contributed by atoms with Crippen LogP contribution < -0.4 is 25.3 Å². The number of amides is 1. The second kappa shape index (κ2) is 17.1. The lowest BCUT2D eigenvalue weighted by atomic mass is 9.81. The minimum absolute atomic E-state index is 0.0269. The van der Waals surface area contributed by atoms with Gasteiger partial charge in [-0.15, -0.1) is 0 Å². The summed E-state index contributed by atoms with van der Waals surface area (Å²) < 4.78 is 21.9. The summed E-state index contributed by atoms with van der Waals surface area (Å²) in [5.74, 6) is 2.06. The smallest absolute Gasteiger partial charge is 0.227 e. The maximum absolute atomic E-state index is 13.2. The fraction of sp³-hybridized carbons (Fsp3) is 0.594. The zero-order chi connectivity index (χ0) is 29.7. The van der Waals surface area contributed by atoms with Crippen molar-refractivity contribution in [2.24, 2.45) is 29.4 Å². The molecule has 224 valence electrons. The van der Waals surface area contributed by atoms with Crippen molar-refractivity contribution in [1.29, 1.82) is 0 Å². The molecule has 0 saturated heterocycles. The Labute approximate surface area is 240 Å². The molecule has 2 rings (SSSR count). The van der Waals surface area contributed by atoms with E-state index in [9.17, 15) is 9.90 Å². The number of benzene rings is 2. The lowest BCUT2D eigenvalue weighted by molar-refractivity contribution is -0.122. The lowest BCUT2D eigenvalue weighted by Gasteiger charge is -2.30. The lowest BCUT2D eigenvalue weighted by Crippen LogP contribution is -2.41. The van der Waals surface area contributed by atoms with Crippen molar-refractivity contribution in [1.82, 2.24) is 0 Å². The van der Waals surface area contributed by atoms with Gasteiger partial charge in [-0.1, -0.05) is 45.9 Å². The average Bonchev–Trinajstić information content (AvgIpc) is 2.93. The first-order valence-corrected chi connectivity index (χ1v) is 14.3. The molecule has 0 spiro atoms. The maximum atomic E-state index is 13.2. The predicted octanol–water partition coefficient (Wildman–Crippen LogP) is 5.31. The third-order valence-corrected chi connectivity index (χ3v) is 7.49. The minimum Gasteiger partial charge on any atom is -0.495 e. The van der Waals surface area contributed by atoms with Gasteiger partial charge < -0.3 is 35.1 Å². The van der Waals surface area contributed by atoms with Crippen LogP contribution in [0.15, 0.2) is 42.5 Å². The fourth-order valence-electron chi connectivity index (χ4n) is 4.84. The van der Waals surface area contributed by atoms with Crippen molar-refractivity contribution >= 4 is 11.6 Å². The predicted molar refractivity (Wildman–Crippen MR) is 160 cm³/mol. The van der Waals surface area contributed by atoms with Crippen molar-refractivity contribution in [3.05, 3.63) is 48.0 Å². The molecule has 4 atom stereocenters. The quantitative estimate of drug-likeness (QED) is 0.213. The number of ether oxygens (including phenoxy) is 4. The van der Waals surface area contributed by atoms with Crippen LogP contribution in [0.2, 0.25) is 0 Å². The van der Waals surface area contributed by atoms with Gasteiger partial charge in [-0.2, -0.15) is 0 Å². The number of anilines is 1. The van der Waals surface area contributed by atoms with Crippen LogP contribution in [0.5, 0.6) is 17.2 Å². The molecule has 1 amide bonds. The van der Waals surface area contributed by atoms with Crippen LogP contribution in [0.4, 0.5) is 5.69 Å². The third kappa shape index (κ3) is 10.3. The highest BCUT2D eigenvalue weighted by molar-refractivity contribution is 5.94. The van der Waals surface area contributed by atoms with Crippen molar-refractivity contribution in [3.63, 3.8) is 0 Å². The summed E-state index contributed by atoms with van der Waals surface area (Å²) in [6, 6.07) is 12.9. The number of carbonyl (C=O) groups excluding carboxylic acids is 1. The van der Waals surface area contributed by atoms with Crippen LogP contribution in [0.1, 0.15) is 52.5 Å². The fourth-order valence-corrected chi connectivity index (χ4v) is 4.84. The van der Waals surface area contributed by atoms with Crippen molar-refractivity contribution in [2.75, 3.05) is 39.9 Å². The second-order valence-electron chi connectivity index (χ2n) is 11.1. The monoisotopic (exact) mass is 558 g/mol. The molecule has 0 aliphatic carbocycles. The number of nitrogens with two attached hydrogens (primary N) is 1. The highest BCUT2D eigenvalue weighted by Gasteiger charge is 2.30. The molecule has 40 heavy (non-hydrogen) atoms. The van der Waals surface area contributed by atoms with Crippen LogP contribution in [-0.2, 0) is 16.0 Å². The summed E-state index contributed by atoms with van der Waals surface area (Å²) in [6.07, 6.45) is 1.69. The van der Waals surface area contributed by atoms with Crippen molar-refractivity contribution in [2.45, 2.75) is 65.5 Å². The van der Waals surface area contributed by atoms with E-state index < -0.39 is 18.1 Å². The van der Waals surface area contributed by atoms with Crippen molar-refractivity contribution in [3.8, 4) is 17.2 Å². The van der Waals surface area contributed by atoms with Gasteiger partial charge >= 0.3 is 0 Å². The molecule has 2 aromatic carbocycles. The molecule has 0 aromatic heterocycles. The Morgan fingerprint density at radius 2 is 1.60 bits per heavy atom. The van der Waals surface area contributed by atoms with Crippen LogP contribution in [0, 0.1) is 23.7 Å². The van der Waals surface area contributed by atoms with Crippen LogP contribution in [-0.4, -0.2) is 57.7 Å². The Balaban J connectivity index is 2.06. The molecule has 8 heteroatoms. The topological polar surface area (TPSA) is 112 Å². The number of carbonyl (C=O) groups is 1. The van der Waals surface area contributed by atoms with Crippen LogP contribution in [0.25, 0.3) is 0 Å². The Kier molecular flexibility index (Phi) is 14.3. The number of methoxy groups -OCH3 is 3. The number of hydrogen-bond donors (Lipinski definition) is 3. The summed E-state index contributed by atoms with van der Waals surface area (Å²) in [4.78, 5) is 13.2. The Morgan fingerprint density at radius 3 is 2.23 bits per heavy atom. The Bertz CT molecular complexity index is 1030. The summed E-state index contributed by atoms with van der Waals surface area (Å²) in [6.45, 7) is 9.50. The standard InChI is InChI=1S/C32H50N2O6/c1-21(2)24(17-23-13-14-30(39-7)31(18-23)40-16-10-15-37-5)19-26(33)28(35)20-25(22(3)4)32(36)34-27-11-8-9-12-29(27)38-6/h8-9,11-14,18,21-22,24-26,28,35H,10,15-17,19-20,33H2,1-7H3,(H,34,36). The normalized spacial score (nSPS) is 14.5. The highest BCUT2D eigenvalue weighted by Crippen LogP contribution is 2.32. The molecule has 0 radical (unpaired) electrons. The molecule has 0 fully saturated rings. The van der Waals surface area contributed by atoms with E-state index in [1.807, 2.05) is 38.1 Å². The molecule has 4 N–H and O–H groups in total. The van der Waals surface area contributed by atoms with Crippen LogP contribution in [0.3, 0.4) is 0 Å². The second-order valence-corrected chi connectivity index (χ2v) is 11.1. The van der Waals surface area contributed by atoms with Crippen LogP contribution >= 0.6 is 0 Å². The maximum Gasteiger partial charge on any atom is 0.227 e. The van der Waals surface area contributed by atoms with E-state index in [0.29, 0.717) is 48.5 Å². The molecule has 2 aromatic rings. The number of hydrogen-bond acceptors (Lipinski definition) is 7. The molecular weight excluding hydrogens is 508 g/mol. The van der Waals surface area contributed by atoms with Crippen molar-refractivity contribution < 1.29 is 28.8 Å².